The number of nitrogens with zero attached hydrogens (tertiary/aromatic N) is 2. The van der Waals surface area contributed by atoms with Gasteiger partial charge in [0.25, 0.3) is 0 Å². The van der Waals surface area contributed by atoms with Gasteiger partial charge in [0.15, 0.2) is 5.82 Å². The van der Waals surface area contributed by atoms with Crippen LogP contribution >= 0.6 is 0 Å². The smallest absolute Gasteiger partial charge is 0.202 e. The van der Waals surface area contributed by atoms with Crippen LogP contribution in [0.5, 0.6) is 0 Å². The number of hydrogen-bond donors (Lipinski definition) is 1. The van der Waals surface area contributed by atoms with Crippen LogP contribution < -0.4 is 5.32 Å². The summed E-state index contributed by atoms with van der Waals surface area (Å²) in [6.45, 7) is 3.48. The fourth-order valence-corrected chi connectivity index (χ4v) is 3.37. The summed E-state index contributed by atoms with van der Waals surface area (Å²) in [5.74, 6) is 0.366. The number of hydrogen-bond acceptors (Lipinski definition) is 4. The highest BCUT2D eigenvalue weighted by atomic mass is 19.1. The van der Waals surface area contributed by atoms with Crippen molar-refractivity contribution >= 4 is 16.7 Å². The average Bonchev–Trinajstić information content (AvgIpc) is 2.89. The third kappa shape index (κ3) is 1.89. The Bertz CT molecular complexity index is 604. The van der Waals surface area contributed by atoms with Crippen molar-refractivity contribution in [2.24, 2.45) is 5.92 Å². The van der Waals surface area contributed by atoms with E-state index >= 15 is 0 Å². The number of nitrogens with one attached hydrogen (secondary N) is 1. The first-order valence-corrected chi connectivity index (χ1v) is 6.82. The second-order valence-corrected chi connectivity index (χ2v) is 5.59. The Kier molecular flexibility index (Phi) is 2.48. The van der Waals surface area contributed by atoms with Crippen LogP contribution in [0.4, 0.5) is 10.1 Å². The van der Waals surface area contributed by atoms with E-state index in [9.17, 15) is 4.39 Å². The van der Waals surface area contributed by atoms with E-state index in [0.717, 1.165) is 12.2 Å². The average molecular weight is 261 g/mol. The van der Waals surface area contributed by atoms with E-state index in [1.807, 2.05) is 6.07 Å². The van der Waals surface area contributed by atoms with Crippen LogP contribution in [0, 0.1) is 11.7 Å². The van der Waals surface area contributed by atoms with Gasteiger partial charge in [-0.2, -0.15) is 0 Å². The lowest BCUT2D eigenvalue weighted by atomic mass is 9.84. The molecule has 3 fully saturated rings. The number of rotatable bonds is 2. The largest absolute Gasteiger partial charge is 0.381 e. The molecule has 3 aliphatic heterocycles. The van der Waals surface area contributed by atoms with Crippen molar-refractivity contribution in [3.63, 3.8) is 0 Å². The Morgan fingerprint density at radius 3 is 2.89 bits per heavy atom. The lowest BCUT2D eigenvalue weighted by molar-refractivity contribution is 0.0975. The van der Waals surface area contributed by atoms with Crippen LogP contribution in [0.2, 0.25) is 0 Å². The summed E-state index contributed by atoms with van der Waals surface area (Å²) >= 11 is 0. The van der Waals surface area contributed by atoms with Gasteiger partial charge in [0.05, 0.1) is 6.20 Å². The van der Waals surface area contributed by atoms with Gasteiger partial charge >= 0.3 is 0 Å². The minimum Gasteiger partial charge on any atom is -0.381 e. The lowest BCUT2D eigenvalue weighted by Crippen LogP contribution is -2.53. The molecule has 1 aromatic heterocycles. The third-order valence-corrected chi connectivity index (χ3v) is 4.42. The Balaban J connectivity index is 1.61. The number of anilines is 1. The molecular weight excluding hydrogens is 245 g/mol. The van der Waals surface area contributed by atoms with Gasteiger partial charge in [-0.15, -0.1) is 0 Å². The summed E-state index contributed by atoms with van der Waals surface area (Å²) in [6, 6.07) is 3.84. The normalized spacial score (nSPS) is 29.8. The maximum atomic E-state index is 13.8. The van der Waals surface area contributed by atoms with E-state index < -0.39 is 0 Å². The molecule has 2 bridgehead atoms. The standard InChI is InChI=1S/C14H16FN3O/c15-12-6-11(5-10-7-16-19-14(10)12)17-13-8-18-3-1-9(13)2-4-18/h5-7,9,13,17H,1-4,8H2. The SMILES string of the molecule is Fc1cc(NC2CN3CCC2CC3)cc2cnoc12. The van der Waals surface area contributed by atoms with Gasteiger partial charge in [0.1, 0.15) is 0 Å². The molecule has 0 saturated carbocycles. The molecule has 0 spiro atoms. The van der Waals surface area contributed by atoms with Crippen LogP contribution in [0.25, 0.3) is 11.0 Å². The monoisotopic (exact) mass is 261 g/mol. The number of fused-ring (bicyclic) bond motifs is 4. The fourth-order valence-electron chi connectivity index (χ4n) is 3.37. The summed E-state index contributed by atoms with van der Waals surface area (Å²) in [4.78, 5) is 2.48. The zero-order valence-electron chi connectivity index (χ0n) is 10.6. The minimum atomic E-state index is -0.348. The molecule has 0 amide bonds. The van der Waals surface area contributed by atoms with Crippen LogP contribution in [-0.4, -0.2) is 35.7 Å². The van der Waals surface area contributed by atoms with E-state index in [1.165, 1.54) is 32.0 Å². The van der Waals surface area contributed by atoms with Crippen molar-refractivity contribution in [3.8, 4) is 0 Å². The molecule has 0 radical (unpaired) electrons. The first-order valence-electron chi connectivity index (χ1n) is 6.82. The quantitative estimate of drug-likeness (QED) is 0.901. The Labute approximate surface area is 110 Å². The predicted octanol–water partition coefficient (Wildman–Crippen LogP) is 2.47. The summed E-state index contributed by atoms with van der Waals surface area (Å²) in [5.41, 5.74) is 1.06. The number of aromatic nitrogens is 1. The van der Waals surface area contributed by atoms with Crippen molar-refractivity contribution in [1.82, 2.24) is 10.1 Å². The molecule has 5 heteroatoms. The first kappa shape index (κ1) is 11.2. The van der Waals surface area contributed by atoms with Crippen molar-refractivity contribution < 1.29 is 8.91 Å². The third-order valence-electron chi connectivity index (χ3n) is 4.42. The van der Waals surface area contributed by atoms with E-state index in [4.69, 9.17) is 4.52 Å². The Morgan fingerprint density at radius 1 is 1.32 bits per heavy atom. The molecule has 1 N–H and O–H groups in total. The zero-order valence-corrected chi connectivity index (χ0v) is 10.6. The molecule has 5 rings (SSSR count). The molecule has 1 unspecified atom stereocenters. The van der Waals surface area contributed by atoms with Gasteiger partial charge in [-0.05, 0) is 37.9 Å². The topological polar surface area (TPSA) is 41.3 Å². The van der Waals surface area contributed by atoms with Crippen LogP contribution in [0.3, 0.4) is 0 Å². The number of piperidine rings is 3. The summed E-state index contributed by atoms with van der Waals surface area (Å²) in [6.07, 6.45) is 4.05. The maximum Gasteiger partial charge on any atom is 0.202 e. The van der Waals surface area contributed by atoms with Crippen LogP contribution in [0.15, 0.2) is 22.9 Å². The minimum absolute atomic E-state index is 0.236. The highest BCUT2D eigenvalue weighted by Gasteiger charge is 2.34. The second kappa shape index (κ2) is 4.20. The molecule has 1 aromatic carbocycles. The fraction of sp³-hybridized carbons (Fsp3) is 0.500. The molecule has 0 aliphatic carbocycles. The summed E-state index contributed by atoms with van der Waals surface area (Å²) in [7, 11) is 0. The van der Waals surface area contributed by atoms with E-state index in [-0.39, 0.29) is 11.4 Å². The van der Waals surface area contributed by atoms with Crippen LogP contribution in [0.1, 0.15) is 12.8 Å². The van der Waals surface area contributed by atoms with Gasteiger partial charge in [-0.3, -0.25) is 0 Å². The molecule has 3 saturated heterocycles. The molecular formula is C14H16FN3O. The van der Waals surface area contributed by atoms with Crippen molar-refractivity contribution in [2.75, 3.05) is 25.0 Å². The van der Waals surface area contributed by atoms with E-state index in [2.05, 4.69) is 15.4 Å². The summed E-state index contributed by atoms with van der Waals surface area (Å²) in [5, 5.41) is 7.83. The van der Waals surface area contributed by atoms with Crippen molar-refractivity contribution in [3.05, 3.63) is 24.1 Å². The maximum absolute atomic E-state index is 13.8. The molecule has 3 aliphatic rings. The number of benzene rings is 1. The Hall–Kier alpha value is -1.62. The van der Waals surface area contributed by atoms with Gasteiger partial charge in [0.2, 0.25) is 5.58 Å². The van der Waals surface area contributed by atoms with E-state index in [0.29, 0.717) is 17.3 Å². The number of halogens is 1. The van der Waals surface area contributed by atoms with Crippen molar-refractivity contribution in [1.29, 1.82) is 0 Å². The highest BCUT2D eigenvalue weighted by Crippen LogP contribution is 2.31. The lowest BCUT2D eigenvalue weighted by Gasteiger charge is -2.45. The second-order valence-electron chi connectivity index (χ2n) is 5.59. The zero-order chi connectivity index (χ0) is 12.8. The van der Waals surface area contributed by atoms with Crippen LogP contribution in [-0.2, 0) is 0 Å². The highest BCUT2D eigenvalue weighted by molar-refractivity contribution is 5.80. The van der Waals surface area contributed by atoms with Gasteiger partial charge < -0.3 is 14.7 Å². The van der Waals surface area contributed by atoms with Gasteiger partial charge in [-0.25, -0.2) is 4.39 Å². The summed E-state index contributed by atoms with van der Waals surface area (Å²) < 4.78 is 18.7. The molecule has 1 atom stereocenters. The van der Waals surface area contributed by atoms with E-state index in [1.54, 1.807) is 6.20 Å². The molecule has 19 heavy (non-hydrogen) atoms. The molecule has 4 nitrogen and oxygen atoms in total. The molecule has 100 valence electrons. The predicted molar refractivity (Wildman–Crippen MR) is 70.5 cm³/mol. The molecule has 2 aromatic rings. The molecule has 4 heterocycles. The van der Waals surface area contributed by atoms with Gasteiger partial charge in [-0.1, -0.05) is 5.16 Å². The first-order chi connectivity index (χ1) is 9.29. The Morgan fingerprint density at radius 2 is 2.16 bits per heavy atom. The van der Waals surface area contributed by atoms with Crippen molar-refractivity contribution in [2.45, 2.75) is 18.9 Å². The van der Waals surface area contributed by atoms with Gasteiger partial charge in [0, 0.05) is 29.7 Å².